The molecule has 3 nitrogen and oxygen atoms in total. The van der Waals surface area contributed by atoms with Crippen molar-refractivity contribution >= 4 is 46.0 Å². The summed E-state index contributed by atoms with van der Waals surface area (Å²) in [4.78, 5) is 14.6. The Balaban J connectivity index is 1.91. The van der Waals surface area contributed by atoms with Crippen LogP contribution in [0.15, 0.2) is 53.4 Å². The van der Waals surface area contributed by atoms with Gasteiger partial charge in [0.15, 0.2) is 4.32 Å². The number of nitrogens with zero attached hydrogens (tertiary/aromatic N) is 1. The third-order valence-electron chi connectivity index (χ3n) is 3.28. The zero-order valence-corrected chi connectivity index (χ0v) is 13.4. The molecule has 0 spiro atoms. The largest absolute Gasteiger partial charge is 0.508 e. The summed E-state index contributed by atoms with van der Waals surface area (Å²) in [6, 6.07) is 14.4. The van der Waals surface area contributed by atoms with Crippen molar-refractivity contribution in [3.8, 4) is 5.75 Å². The van der Waals surface area contributed by atoms with E-state index in [1.54, 1.807) is 12.1 Å². The Kier molecular flexibility index (Phi) is 4.00. The number of rotatable bonds is 2. The number of amides is 1. The molecule has 2 aromatic rings. The van der Waals surface area contributed by atoms with E-state index in [2.05, 4.69) is 0 Å². The van der Waals surface area contributed by atoms with Crippen LogP contribution in [-0.4, -0.2) is 15.3 Å². The first-order valence-corrected chi connectivity index (χ1v) is 7.91. The van der Waals surface area contributed by atoms with Crippen LogP contribution in [0.25, 0.3) is 6.08 Å². The van der Waals surface area contributed by atoms with Crippen molar-refractivity contribution in [3.05, 3.63) is 64.6 Å². The van der Waals surface area contributed by atoms with Crippen molar-refractivity contribution < 1.29 is 9.90 Å². The Labute approximate surface area is 138 Å². The molecule has 1 amide bonds. The van der Waals surface area contributed by atoms with E-state index in [1.807, 2.05) is 37.3 Å². The van der Waals surface area contributed by atoms with Crippen LogP contribution in [0.3, 0.4) is 0 Å². The van der Waals surface area contributed by atoms with Crippen molar-refractivity contribution in [2.24, 2.45) is 0 Å². The van der Waals surface area contributed by atoms with Crippen LogP contribution in [0.1, 0.15) is 11.1 Å². The first kappa shape index (κ1) is 14.8. The fourth-order valence-electron chi connectivity index (χ4n) is 2.11. The monoisotopic (exact) mass is 327 g/mol. The quantitative estimate of drug-likeness (QED) is 0.666. The van der Waals surface area contributed by atoms with Crippen molar-refractivity contribution in [1.82, 2.24) is 0 Å². The smallest absolute Gasteiger partial charge is 0.270 e. The molecule has 1 aliphatic rings. The number of thiocarbonyl (C=S) groups is 1. The fraction of sp³-hybridized carbons (Fsp3) is 0.0588. The summed E-state index contributed by atoms with van der Waals surface area (Å²) in [7, 11) is 0. The van der Waals surface area contributed by atoms with Crippen molar-refractivity contribution in [3.63, 3.8) is 0 Å². The minimum Gasteiger partial charge on any atom is -0.508 e. The SMILES string of the molecule is Cc1ccc(/C=C2/SC(=S)N(c3ccc(O)cc3)C2=O)cc1. The van der Waals surface area contributed by atoms with E-state index in [0.717, 1.165) is 5.56 Å². The van der Waals surface area contributed by atoms with Gasteiger partial charge in [0, 0.05) is 0 Å². The maximum absolute atomic E-state index is 12.6. The molecule has 5 heteroatoms. The molecular weight excluding hydrogens is 314 g/mol. The molecule has 3 rings (SSSR count). The van der Waals surface area contributed by atoms with Crippen molar-refractivity contribution in [1.29, 1.82) is 0 Å². The number of hydrogen-bond donors (Lipinski definition) is 1. The van der Waals surface area contributed by atoms with Gasteiger partial charge >= 0.3 is 0 Å². The third-order valence-corrected chi connectivity index (χ3v) is 4.58. The van der Waals surface area contributed by atoms with E-state index in [1.165, 1.54) is 34.4 Å². The molecule has 22 heavy (non-hydrogen) atoms. The van der Waals surface area contributed by atoms with Crippen molar-refractivity contribution in [2.75, 3.05) is 4.90 Å². The van der Waals surface area contributed by atoms with Gasteiger partial charge in [-0.3, -0.25) is 9.69 Å². The summed E-state index contributed by atoms with van der Waals surface area (Å²) in [6.07, 6.45) is 1.85. The van der Waals surface area contributed by atoms with Crippen LogP contribution < -0.4 is 4.90 Å². The summed E-state index contributed by atoms with van der Waals surface area (Å²) in [5.41, 5.74) is 2.80. The zero-order chi connectivity index (χ0) is 15.7. The summed E-state index contributed by atoms with van der Waals surface area (Å²) >= 11 is 6.60. The van der Waals surface area contributed by atoms with Gasteiger partial charge < -0.3 is 5.11 Å². The number of hydrogen-bond acceptors (Lipinski definition) is 4. The topological polar surface area (TPSA) is 40.5 Å². The number of carbonyl (C=O) groups is 1. The third kappa shape index (κ3) is 2.91. The number of anilines is 1. The Bertz CT molecular complexity index is 764. The number of thioether (sulfide) groups is 1. The molecule has 0 aromatic heterocycles. The fourth-order valence-corrected chi connectivity index (χ4v) is 3.41. The maximum atomic E-state index is 12.6. The van der Waals surface area contributed by atoms with Gasteiger partial charge in [-0.1, -0.05) is 53.8 Å². The lowest BCUT2D eigenvalue weighted by atomic mass is 10.1. The first-order valence-electron chi connectivity index (χ1n) is 6.68. The van der Waals surface area contributed by atoms with Crippen LogP contribution in [0, 0.1) is 6.92 Å². The standard InChI is InChI=1S/C17H13NO2S2/c1-11-2-4-12(5-3-11)10-15-16(20)18(17(21)22-15)13-6-8-14(19)9-7-13/h2-10,19H,1H3/b15-10+. The molecule has 1 N–H and O–H groups in total. The van der Waals surface area contributed by atoms with Crippen LogP contribution >= 0.6 is 24.0 Å². The maximum Gasteiger partial charge on any atom is 0.270 e. The Morgan fingerprint density at radius 1 is 1.09 bits per heavy atom. The molecule has 2 aromatic carbocycles. The highest BCUT2D eigenvalue weighted by atomic mass is 32.2. The van der Waals surface area contributed by atoms with Gasteiger partial charge in [-0.15, -0.1) is 0 Å². The second-order valence-electron chi connectivity index (χ2n) is 4.94. The van der Waals surface area contributed by atoms with Gasteiger partial charge in [0.25, 0.3) is 5.91 Å². The van der Waals surface area contributed by atoms with Crippen LogP contribution in [-0.2, 0) is 4.79 Å². The van der Waals surface area contributed by atoms with Gasteiger partial charge in [0.2, 0.25) is 0 Å². The molecule has 110 valence electrons. The minimum absolute atomic E-state index is 0.138. The Hall–Kier alpha value is -2.11. The van der Waals surface area contributed by atoms with Gasteiger partial charge in [0.05, 0.1) is 10.6 Å². The molecule has 0 saturated carbocycles. The van der Waals surface area contributed by atoms with Crippen LogP contribution in [0.5, 0.6) is 5.75 Å². The predicted molar refractivity (Wildman–Crippen MR) is 94.9 cm³/mol. The number of carbonyl (C=O) groups excluding carboxylic acids is 1. The molecule has 0 radical (unpaired) electrons. The number of benzene rings is 2. The predicted octanol–water partition coefficient (Wildman–Crippen LogP) is 4.11. The molecule has 1 fully saturated rings. The van der Waals surface area contributed by atoms with E-state index in [9.17, 15) is 9.90 Å². The highest BCUT2D eigenvalue weighted by Gasteiger charge is 2.33. The summed E-state index contributed by atoms with van der Waals surface area (Å²) < 4.78 is 0.494. The van der Waals surface area contributed by atoms with Crippen LogP contribution in [0.4, 0.5) is 5.69 Å². The van der Waals surface area contributed by atoms with E-state index in [0.29, 0.717) is 14.9 Å². The lowest BCUT2D eigenvalue weighted by Gasteiger charge is -2.14. The van der Waals surface area contributed by atoms with Gasteiger partial charge in [-0.2, -0.15) is 0 Å². The first-order chi connectivity index (χ1) is 10.5. The van der Waals surface area contributed by atoms with E-state index >= 15 is 0 Å². The average Bonchev–Trinajstić information content (AvgIpc) is 2.77. The van der Waals surface area contributed by atoms with Gasteiger partial charge in [0.1, 0.15) is 5.75 Å². The van der Waals surface area contributed by atoms with E-state index in [-0.39, 0.29) is 11.7 Å². The molecule has 0 unspecified atom stereocenters. The van der Waals surface area contributed by atoms with Crippen LogP contribution in [0.2, 0.25) is 0 Å². The number of aryl methyl sites for hydroxylation is 1. The molecule has 0 atom stereocenters. The second kappa shape index (κ2) is 5.94. The van der Waals surface area contributed by atoms with Gasteiger partial charge in [-0.25, -0.2) is 0 Å². The molecule has 1 heterocycles. The Morgan fingerprint density at radius 3 is 2.36 bits per heavy atom. The molecule has 1 saturated heterocycles. The Morgan fingerprint density at radius 2 is 1.73 bits per heavy atom. The van der Waals surface area contributed by atoms with Crippen molar-refractivity contribution in [2.45, 2.75) is 6.92 Å². The molecule has 0 bridgehead atoms. The number of aromatic hydroxyl groups is 1. The number of phenolic OH excluding ortho intramolecular Hbond substituents is 1. The molecule has 0 aliphatic carbocycles. The lowest BCUT2D eigenvalue weighted by molar-refractivity contribution is -0.113. The summed E-state index contributed by atoms with van der Waals surface area (Å²) in [5.74, 6) is 0.0191. The second-order valence-corrected chi connectivity index (χ2v) is 6.62. The highest BCUT2D eigenvalue weighted by Crippen LogP contribution is 2.36. The molecule has 1 aliphatic heterocycles. The summed E-state index contributed by atoms with van der Waals surface area (Å²) in [5, 5.41) is 9.35. The normalized spacial score (nSPS) is 16.6. The summed E-state index contributed by atoms with van der Waals surface area (Å²) in [6.45, 7) is 2.02. The average molecular weight is 327 g/mol. The molecular formula is C17H13NO2S2. The zero-order valence-electron chi connectivity index (χ0n) is 11.8. The van der Waals surface area contributed by atoms with E-state index in [4.69, 9.17) is 12.2 Å². The lowest BCUT2D eigenvalue weighted by Crippen LogP contribution is -2.27. The number of phenols is 1. The minimum atomic E-state index is -0.138. The highest BCUT2D eigenvalue weighted by molar-refractivity contribution is 8.27. The van der Waals surface area contributed by atoms with E-state index < -0.39 is 0 Å². The van der Waals surface area contributed by atoms with Gasteiger partial charge in [-0.05, 0) is 42.8 Å².